The minimum atomic E-state index is -0.0326. The molecule has 0 saturated carbocycles. The number of hydrogen-bond acceptors (Lipinski definition) is 3. The molecule has 2 N–H and O–H groups in total. The molecule has 1 heterocycles. The number of hydrogen-bond donors (Lipinski definition) is 2. The Morgan fingerprint density at radius 2 is 1.92 bits per heavy atom. The van der Waals surface area contributed by atoms with E-state index >= 15 is 0 Å². The van der Waals surface area contributed by atoms with Crippen LogP contribution in [0.25, 0.3) is 0 Å². The molecule has 0 amide bonds. The van der Waals surface area contributed by atoms with Crippen molar-refractivity contribution < 1.29 is 4.42 Å². The van der Waals surface area contributed by atoms with Gasteiger partial charge in [-0.05, 0) is 25.3 Å². The molecule has 25 heavy (non-hydrogen) atoms. The van der Waals surface area contributed by atoms with Crippen molar-refractivity contribution in [3.8, 4) is 0 Å². The van der Waals surface area contributed by atoms with Crippen molar-refractivity contribution in [2.24, 2.45) is 4.99 Å². The second kappa shape index (κ2) is 9.25. The summed E-state index contributed by atoms with van der Waals surface area (Å²) in [5.74, 6) is 2.33. The van der Waals surface area contributed by atoms with E-state index < -0.39 is 0 Å². The molecule has 1 aromatic carbocycles. The first-order valence-corrected chi connectivity index (χ1v) is 9.00. The normalized spacial score (nSPS) is 12.2. The van der Waals surface area contributed by atoms with Gasteiger partial charge in [0, 0.05) is 18.5 Å². The largest absolute Gasteiger partial charge is 0.443 e. The van der Waals surface area contributed by atoms with Crippen molar-refractivity contribution in [3.63, 3.8) is 0 Å². The van der Waals surface area contributed by atoms with Crippen LogP contribution in [-0.4, -0.2) is 24.0 Å². The van der Waals surface area contributed by atoms with Crippen LogP contribution in [0.15, 0.2) is 45.9 Å². The first-order valence-electron chi connectivity index (χ1n) is 9.00. The van der Waals surface area contributed by atoms with E-state index in [9.17, 15) is 0 Å². The van der Waals surface area contributed by atoms with Crippen molar-refractivity contribution in [2.75, 3.05) is 13.1 Å². The highest BCUT2D eigenvalue weighted by molar-refractivity contribution is 5.79. The molecule has 0 aliphatic rings. The van der Waals surface area contributed by atoms with E-state index in [1.165, 1.54) is 5.56 Å². The minimum Gasteiger partial charge on any atom is -0.443 e. The summed E-state index contributed by atoms with van der Waals surface area (Å²) in [5, 5.41) is 6.63. The maximum absolute atomic E-state index is 5.79. The van der Waals surface area contributed by atoms with Crippen molar-refractivity contribution >= 4 is 5.96 Å². The molecule has 0 bridgehead atoms. The number of rotatable bonds is 7. The van der Waals surface area contributed by atoms with Gasteiger partial charge < -0.3 is 15.1 Å². The monoisotopic (exact) mass is 342 g/mol. The zero-order chi connectivity index (χ0) is 18.1. The van der Waals surface area contributed by atoms with Gasteiger partial charge in [-0.1, -0.05) is 51.1 Å². The zero-order valence-corrected chi connectivity index (χ0v) is 15.8. The van der Waals surface area contributed by atoms with Crippen LogP contribution in [-0.2, 0) is 18.4 Å². The van der Waals surface area contributed by atoms with Crippen molar-refractivity contribution in [2.45, 2.75) is 52.5 Å². The highest BCUT2D eigenvalue weighted by atomic mass is 16.4. The first-order chi connectivity index (χ1) is 12.0. The van der Waals surface area contributed by atoms with Gasteiger partial charge in [0.15, 0.2) is 5.96 Å². The minimum absolute atomic E-state index is 0.0326. The van der Waals surface area contributed by atoms with Gasteiger partial charge in [0.05, 0.1) is 6.20 Å². The fourth-order valence-corrected chi connectivity index (χ4v) is 2.36. The molecule has 0 atom stereocenters. The third kappa shape index (κ3) is 6.61. The summed E-state index contributed by atoms with van der Waals surface area (Å²) < 4.78 is 5.79. The Bertz CT molecular complexity index is 656. The van der Waals surface area contributed by atoms with Crippen LogP contribution in [0.5, 0.6) is 0 Å². The Morgan fingerprint density at radius 1 is 1.16 bits per heavy atom. The molecule has 2 aromatic rings. The van der Waals surface area contributed by atoms with Crippen molar-refractivity contribution in [3.05, 3.63) is 53.7 Å². The Hall–Kier alpha value is -2.30. The number of aliphatic imine (C=N–C) groups is 1. The standard InChI is InChI=1S/C20H30N4O/c1-5-21-19(22-13-9-12-16-10-7-6-8-11-16)24-15-18-23-14-17(25-18)20(2,3)4/h6-8,10-11,14H,5,9,12-13,15H2,1-4H3,(H2,21,22,24). The van der Waals surface area contributed by atoms with E-state index in [1.807, 2.05) is 6.07 Å². The molecule has 0 aliphatic carbocycles. The summed E-state index contributed by atoms with van der Waals surface area (Å²) >= 11 is 0. The molecule has 2 rings (SSSR count). The number of oxazole rings is 1. The van der Waals surface area contributed by atoms with Crippen LogP contribution in [0.4, 0.5) is 0 Å². The Balaban J connectivity index is 1.82. The molecular weight excluding hydrogens is 312 g/mol. The summed E-state index contributed by atoms with van der Waals surface area (Å²) in [5.41, 5.74) is 1.33. The fraction of sp³-hybridized carbons (Fsp3) is 0.500. The molecule has 0 fully saturated rings. The number of benzene rings is 1. The first kappa shape index (κ1) is 19.0. The molecule has 5 heteroatoms. The second-order valence-corrected chi connectivity index (χ2v) is 7.08. The quantitative estimate of drug-likeness (QED) is 0.458. The van der Waals surface area contributed by atoms with Gasteiger partial charge in [-0.3, -0.25) is 0 Å². The summed E-state index contributed by atoms with van der Waals surface area (Å²) in [7, 11) is 0. The summed E-state index contributed by atoms with van der Waals surface area (Å²) in [6.45, 7) is 10.5. The van der Waals surface area contributed by atoms with Crippen LogP contribution < -0.4 is 10.6 Å². The Morgan fingerprint density at radius 3 is 2.56 bits per heavy atom. The maximum atomic E-state index is 5.79. The van der Waals surface area contributed by atoms with Crippen LogP contribution in [0, 0.1) is 0 Å². The molecule has 5 nitrogen and oxygen atoms in total. The van der Waals surface area contributed by atoms with Gasteiger partial charge in [0.2, 0.25) is 5.89 Å². The summed E-state index contributed by atoms with van der Waals surface area (Å²) in [4.78, 5) is 8.88. The fourth-order valence-electron chi connectivity index (χ4n) is 2.36. The predicted octanol–water partition coefficient (Wildman–Crippen LogP) is 3.66. The Labute approximate surface area is 151 Å². The van der Waals surface area contributed by atoms with E-state index in [0.29, 0.717) is 12.4 Å². The molecule has 0 saturated heterocycles. The molecule has 136 valence electrons. The number of nitrogens with zero attached hydrogens (tertiary/aromatic N) is 2. The molecule has 0 unspecified atom stereocenters. The SMILES string of the molecule is CCNC(=NCc1ncc(C(C)(C)C)o1)NCCCc1ccccc1. The van der Waals surface area contributed by atoms with E-state index in [4.69, 9.17) is 4.42 Å². The topological polar surface area (TPSA) is 62.5 Å². The number of aromatic nitrogens is 1. The summed E-state index contributed by atoms with van der Waals surface area (Å²) in [6, 6.07) is 10.5. The third-order valence-electron chi connectivity index (χ3n) is 3.79. The molecule has 0 spiro atoms. The van der Waals surface area contributed by atoms with E-state index in [-0.39, 0.29) is 5.41 Å². The van der Waals surface area contributed by atoms with Gasteiger partial charge in [-0.25, -0.2) is 9.98 Å². The lowest BCUT2D eigenvalue weighted by Crippen LogP contribution is -2.37. The van der Waals surface area contributed by atoms with Gasteiger partial charge in [-0.2, -0.15) is 0 Å². The lowest BCUT2D eigenvalue weighted by Gasteiger charge is -2.13. The highest BCUT2D eigenvalue weighted by Crippen LogP contribution is 2.22. The van der Waals surface area contributed by atoms with Crippen molar-refractivity contribution in [1.82, 2.24) is 15.6 Å². The van der Waals surface area contributed by atoms with E-state index in [2.05, 4.69) is 72.6 Å². The van der Waals surface area contributed by atoms with E-state index in [0.717, 1.165) is 37.7 Å². The highest BCUT2D eigenvalue weighted by Gasteiger charge is 2.18. The molecule has 0 radical (unpaired) electrons. The van der Waals surface area contributed by atoms with Crippen LogP contribution in [0.3, 0.4) is 0 Å². The molecule has 1 aromatic heterocycles. The summed E-state index contributed by atoms with van der Waals surface area (Å²) in [6.07, 6.45) is 3.91. The van der Waals surface area contributed by atoms with Crippen LogP contribution in [0.2, 0.25) is 0 Å². The van der Waals surface area contributed by atoms with Gasteiger partial charge >= 0.3 is 0 Å². The average Bonchev–Trinajstić information content (AvgIpc) is 3.07. The Kier molecular flexibility index (Phi) is 7.04. The lowest BCUT2D eigenvalue weighted by atomic mass is 9.94. The van der Waals surface area contributed by atoms with Crippen LogP contribution in [0.1, 0.15) is 51.3 Å². The van der Waals surface area contributed by atoms with E-state index in [1.54, 1.807) is 6.20 Å². The maximum Gasteiger partial charge on any atom is 0.216 e. The van der Waals surface area contributed by atoms with Gasteiger partial charge in [0.25, 0.3) is 0 Å². The predicted molar refractivity (Wildman–Crippen MR) is 103 cm³/mol. The smallest absolute Gasteiger partial charge is 0.216 e. The van der Waals surface area contributed by atoms with Crippen molar-refractivity contribution in [1.29, 1.82) is 0 Å². The van der Waals surface area contributed by atoms with Gasteiger partial charge in [-0.15, -0.1) is 0 Å². The zero-order valence-electron chi connectivity index (χ0n) is 15.8. The lowest BCUT2D eigenvalue weighted by molar-refractivity contribution is 0.383. The number of guanidine groups is 1. The molecular formula is C20H30N4O. The number of nitrogens with one attached hydrogen (secondary N) is 2. The van der Waals surface area contributed by atoms with Crippen LogP contribution >= 0.6 is 0 Å². The molecule has 0 aliphatic heterocycles. The van der Waals surface area contributed by atoms with Gasteiger partial charge in [0.1, 0.15) is 12.3 Å². The average molecular weight is 342 g/mol. The second-order valence-electron chi connectivity index (χ2n) is 7.08. The number of aryl methyl sites for hydroxylation is 1. The third-order valence-corrected chi connectivity index (χ3v) is 3.79.